The third kappa shape index (κ3) is 4.07. The van der Waals surface area contributed by atoms with Gasteiger partial charge in [-0.25, -0.2) is 15.0 Å². The fraction of sp³-hybridized carbons (Fsp3) is 0.435. The minimum atomic E-state index is -1.70. The lowest BCUT2D eigenvalue weighted by Crippen LogP contribution is -2.36. The largest absolute Gasteiger partial charge is 0.391 e. The lowest BCUT2D eigenvalue weighted by atomic mass is 9.93. The molecule has 0 radical (unpaired) electrons. The van der Waals surface area contributed by atoms with Crippen LogP contribution < -0.4 is 5.32 Å². The number of aliphatic hydroxyl groups excluding tert-OH is 1. The van der Waals surface area contributed by atoms with Crippen LogP contribution in [0.1, 0.15) is 37.9 Å². The number of pyridine rings is 1. The summed E-state index contributed by atoms with van der Waals surface area (Å²) in [5, 5.41) is 28.3. The highest BCUT2D eigenvalue weighted by atomic mass is 16.5. The first-order valence-electron chi connectivity index (χ1n) is 11.1. The lowest BCUT2D eigenvalue weighted by Gasteiger charge is -2.28. The summed E-state index contributed by atoms with van der Waals surface area (Å²) in [6.07, 6.45) is 5.24. The van der Waals surface area contributed by atoms with E-state index in [1.807, 2.05) is 12.1 Å². The summed E-state index contributed by atoms with van der Waals surface area (Å²) < 4.78 is 5.34. The molecule has 3 atom stereocenters. The van der Waals surface area contributed by atoms with Crippen molar-refractivity contribution in [2.45, 2.75) is 49.9 Å². The third-order valence-electron chi connectivity index (χ3n) is 6.40. The van der Waals surface area contributed by atoms with E-state index in [0.29, 0.717) is 35.3 Å². The number of rotatable bonds is 5. The predicted octanol–water partition coefficient (Wildman–Crippen LogP) is 1.96. The molecule has 3 unspecified atom stereocenters. The molecule has 0 spiro atoms. The highest BCUT2D eigenvalue weighted by molar-refractivity contribution is 5.87. The van der Waals surface area contributed by atoms with E-state index in [1.165, 1.54) is 4.90 Å². The van der Waals surface area contributed by atoms with E-state index in [0.717, 1.165) is 25.7 Å². The van der Waals surface area contributed by atoms with Crippen molar-refractivity contribution < 1.29 is 19.5 Å². The molecule has 10 nitrogen and oxygen atoms in total. The Hall–Kier alpha value is -3.37. The molecule has 3 aromatic heterocycles. The number of nitrogens with zero attached hydrogens (tertiary/aromatic N) is 5. The Bertz CT molecular complexity index is 1170. The summed E-state index contributed by atoms with van der Waals surface area (Å²) in [7, 11) is 1.64. The van der Waals surface area contributed by atoms with E-state index in [1.54, 1.807) is 31.4 Å². The summed E-state index contributed by atoms with van der Waals surface area (Å²) >= 11 is 0. The van der Waals surface area contributed by atoms with Crippen molar-refractivity contribution in [3.05, 3.63) is 42.3 Å². The number of likely N-dealkylation sites (tertiary alicyclic amines) is 1. The second kappa shape index (κ2) is 8.53. The van der Waals surface area contributed by atoms with E-state index < -0.39 is 17.6 Å². The van der Waals surface area contributed by atoms with Gasteiger partial charge in [0.05, 0.1) is 29.2 Å². The van der Waals surface area contributed by atoms with Gasteiger partial charge in [0, 0.05) is 32.3 Å². The SMILES string of the molecule is CN1CCC(O)(c2cc(-c3cccc(-c4ccnc(NC5CCCCC5O)n4)n3)no2)C1=O. The number of nitrogens with one attached hydrogen (secondary N) is 1. The summed E-state index contributed by atoms with van der Waals surface area (Å²) in [4.78, 5) is 27.3. The van der Waals surface area contributed by atoms with Crippen molar-refractivity contribution in [2.24, 2.45) is 0 Å². The van der Waals surface area contributed by atoms with Crippen molar-refractivity contribution in [1.29, 1.82) is 0 Å². The number of aromatic nitrogens is 4. The van der Waals surface area contributed by atoms with Gasteiger partial charge in [-0.1, -0.05) is 24.1 Å². The van der Waals surface area contributed by atoms with Crippen molar-refractivity contribution in [2.75, 3.05) is 18.9 Å². The first-order valence-corrected chi connectivity index (χ1v) is 11.1. The molecule has 3 N–H and O–H groups in total. The van der Waals surface area contributed by atoms with Gasteiger partial charge >= 0.3 is 0 Å². The molecule has 1 saturated carbocycles. The summed E-state index contributed by atoms with van der Waals surface area (Å²) in [6, 6.07) is 8.69. The van der Waals surface area contributed by atoms with Crippen LogP contribution in [-0.4, -0.2) is 66.9 Å². The highest BCUT2D eigenvalue weighted by Crippen LogP contribution is 2.34. The van der Waals surface area contributed by atoms with Crippen LogP contribution >= 0.6 is 0 Å². The smallest absolute Gasteiger partial charge is 0.262 e. The zero-order chi connectivity index (χ0) is 23.0. The number of hydrogen-bond acceptors (Lipinski definition) is 9. The lowest BCUT2D eigenvalue weighted by molar-refractivity contribution is -0.144. The zero-order valence-electron chi connectivity index (χ0n) is 18.3. The van der Waals surface area contributed by atoms with E-state index in [2.05, 4.69) is 25.4 Å². The number of likely N-dealkylation sites (N-methyl/N-ethyl adjacent to an activating group) is 1. The first-order chi connectivity index (χ1) is 15.9. The third-order valence-corrected chi connectivity index (χ3v) is 6.40. The van der Waals surface area contributed by atoms with E-state index >= 15 is 0 Å². The molecule has 1 aliphatic carbocycles. The van der Waals surface area contributed by atoms with Crippen LogP contribution in [0.4, 0.5) is 5.95 Å². The monoisotopic (exact) mass is 450 g/mol. The number of anilines is 1. The van der Waals surface area contributed by atoms with Gasteiger partial charge in [-0.3, -0.25) is 4.79 Å². The molecule has 1 saturated heterocycles. The molecular weight excluding hydrogens is 424 g/mol. The molecule has 0 aromatic carbocycles. The molecule has 1 aliphatic heterocycles. The molecule has 2 fully saturated rings. The number of hydrogen-bond donors (Lipinski definition) is 3. The van der Waals surface area contributed by atoms with Gasteiger partial charge in [-0.2, -0.15) is 0 Å². The van der Waals surface area contributed by atoms with Crippen LogP contribution in [-0.2, 0) is 10.4 Å². The maximum atomic E-state index is 12.3. The topological polar surface area (TPSA) is 138 Å². The van der Waals surface area contributed by atoms with Gasteiger partial charge < -0.3 is 25.0 Å². The normalized spacial score (nSPS) is 25.4. The van der Waals surface area contributed by atoms with Crippen molar-refractivity contribution in [1.82, 2.24) is 25.0 Å². The van der Waals surface area contributed by atoms with Crippen LogP contribution in [0.5, 0.6) is 0 Å². The van der Waals surface area contributed by atoms with Crippen LogP contribution in [0.2, 0.25) is 0 Å². The Morgan fingerprint density at radius 1 is 1.12 bits per heavy atom. The number of amides is 1. The molecule has 4 heterocycles. The molecule has 3 aromatic rings. The van der Waals surface area contributed by atoms with Gasteiger partial charge in [0.25, 0.3) is 5.91 Å². The van der Waals surface area contributed by atoms with Gasteiger partial charge in [0.15, 0.2) is 5.76 Å². The Kier molecular flexibility index (Phi) is 5.55. The molecule has 33 heavy (non-hydrogen) atoms. The van der Waals surface area contributed by atoms with Gasteiger partial charge in [0.2, 0.25) is 11.5 Å². The Morgan fingerprint density at radius 3 is 2.64 bits per heavy atom. The van der Waals surface area contributed by atoms with Crippen LogP contribution in [0, 0.1) is 0 Å². The molecular formula is C23H26N6O4. The quantitative estimate of drug-likeness (QED) is 0.532. The van der Waals surface area contributed by atoms with Gasteiger partial charge in [0.1, 0.15) is 5.69 Å². The summed E-state index contributed by atoms with van der Waals surface area (Å²) in [6.45, 7) is 0.446. The maximum Gasteiger partial charge on any atom is 0.262 e. The molecule has 10 heteroatoms. The molecule has 172 valence electrons. The van der Waals surface area contributed by atoms with E-state index in [9.17, 15) is 15.0 Å². The zero-order valence-corrected chi connectivity index (χ0v) is 18.3. The van der Waals surface area contributed by atoms with Crippen LogP contribution in [0.3, 0.4) is 0 Å². The summed E-state index contributed by atoms with van der Waals surface area (Å²) in [5.41, 5.74) is 0.479. The minimum Gasteiger partial charge on any atom is -0.391 e. The summed E-state index contributed by atoms with van der Waals surface area (Å²) in [5.74, 6) is 0.148. The average molecular weight is 450 g/mol. The second-order valence-electron chi connectivity index (χ2n) is 8.69. The number of carbonyl (C=O) groups excluding carboxylic acids is 1. The highest BCUT2D eigenvalue weighted by Gasteiger charge is 2.48. The molecule has 2 aliphatic rings. The maximum absolute atomic E-state index is 12.3. The van der Waals surface area contributed by atoms with E-state index in [4.69, 9.17) is 4.52 Å². The fourth-order valence-electron chi connectivity index (χ4n) is 4.41. The number of carbonyl (C=O) groups is 1. The minimum absolute atomic E-state index is 0.0648. The Balaban J connectivity index is 1.38. The second-order valence-corrected chi connectivity index (χ2v) is 8.69. The predicted molar refractivity (Wildman–Crippen MR) is 119 cm³/mol. The first kappa shape index (κ1) is 21.5. The Labute approximate surface area is 190 Å². The van der Waals surface area contributed by atoms with Crippen molar-refractivity contribution >= 4 is 11.9 Å². The molecule has 0 bridgehead atoms. The average Bonchev–Trinajstić information content (AvgIpc) is 3.43. The van der Waals surface area contributed by atoms with E-state index in [-0.39, 0.29) is 18.2 Å². The molecule has 1 amide bonds. The van der Waals surface area contributed by atoms with Crippen LogP contribution in [0.15, 0.2) is 41.1 Å². The van der Waals surface area contributed by atoms with Crippen LogP contribution in [0.25, 0.3) is 22.8 Å². The Morgan fingerprint density at radius 2 is 1.88 bits per heavy atom. The molecule has 5 rings (SSSR count). The van der Waals surface area contributed by atoms with Gasteiger partial charge in [-0.15, -0.1) is 0 Å². The number of aliphatic hydroxyl groups is 2. The van der Waals surface area contributed by atoms with Crippen molar-refractivity contribution in [3.63, 3.8) is 0 Å². The van der Waals surface area contributed by atoms with Crippen molar-refractivity contribution in [3.8, 4) is 22.8 Å². The standard InChI is InChI=1S/C23H26N6O4/c1-29-12-10-23(32,21(29)31)20-13-18(28-33-20)15-7-4-6-14(25-15)16-9-11-24-22(26-16)27-17-5-2-3-8-19(17)30/h4,6-7,9,11,13,17,19,30,32H,2-3,5,8,10,12H2,1H3,(H,24,26,27). The fourth-order valence-corrected chi connectivity index (χ4v) is 4.41. The van der Waals surface area contributed by atoms with Gasteiger partial charge in [-0.05, 0) is 31.0 Å².